The molecule has 2 unspecified atom stereocenters. The van der Waals surface area contributed by atoms with Gasteiger partial charge in [0.1, 0.15) is 5.60 Å². The van der Waals surface area contributed by atoms with Gasteiger partial charge in [-0.3, -0.25) is 4.98 Å². The number of pyridine rings is 1. The molecule has 3 heterocycles. The van der Waals surface area contributed by atoms with Gasteiger partial charge in [0.2, 0.25) is 0 Å². The number of fused-ring (bicyclic) bond motifs is 3. The molecule has 0 aliphatic carbocycles. The van der Waals surface area contributed by atoms with Gasteiger partial charge in [-0.15, -0.1) is 0 Å². The van der Waals surface area contributed by atoms with Crippen LogP contribution >= 0.6 is 0 Å². The first-order valence-corrected chi connectivity index (χ1v) is 7.96. The first-order valence-electron chi connectivity index (χ1n) is 7.96. The predicted molar refractivity (Wildman–Crippen MR) is 84.1 cm³/mol. The maximum absolute atomic E-state index is 11.4. The second-order valence-corrected chi connectivity index (χ2v) is 6.72. The van der Waals surface area contributed by atoms with Gasteiger partial charge in [-0.05, 0) is 44.2 Å². The summed E-state index contributed by atoms with van der Waals surface area (Å²) in [6, 6.07) is 11.3. The minimum Gasteiger partial charge on any atom is -0.383 e. The van der Waals surface area contributed by atoms with Crippen molar-refractivity contribution in [3.05, 3.63) is 42.2 Å². The van der Waals surface area contributed by atoms with Crippen molar-refractivity contribution in [2.45, 2.75) is 49.8 Å². The Bertz CT molecular complexity index is 650. The third kappa shape index (κ3) is 2.07. The largest absolute Gasteiger partial charge is 0.383 e. The Morgan fingerprint density at radius 1 is 1.14 bits per heavy atom. The predicted octanol–water partition coefficient (Wildman–Crippen LogP) is 3.07. The monoisotopic (exact) mass is 282 g/mol. The number of piperidine rings is 2. The summed E-state index contributed by atoms with van der Waals surface area (Å²) in [5.74, 6) is 0. The molecule has 2 aliphatic heterocycles. The van der Waals surface area contributed by atoms with Crippen molar-refractivity contribution < 1.29 is 5.11 Å². The summed E-state index contributed by atoms with van der Waals surface area (Å²) in [7, 11) is 2.21. The molecule has 2 aliphatic rings. The van der Waals surface area contributed by atoms with Gasteiger partial charge in [-0.1, -0.05) is 30.7 Å². The molecule has 1 aromatic heterocycles. The lowest BCUT2D eigenvalue weighted by atomic mass is 9.73. The van der Waals surface area contributed by atoms with Gasteiger partial charge >= 0.3 is 0 Å². The minimum absolute atomic E-state index is 0.489. The summed E-state index contributed by atoms with van der Waals surface area (Å²) in [5, 5.41) is 13.6. The van der Waals surface area contributed by atoms with Crippen LogP contribution in [0.5, 0.6) is 0 Å². The Morgan fingerprint density at radius 3 is 2.62 bits per heavy atom. The second kappa shape index (κ2) is 4.79. The number of rotatable bonds is 1. The molecule has 0 amide bonds. The zero-order chi connectivity index (χ0) is 14.4. The average molecular weight is 282 g/mol. The van der Waals surface area contributed by atoms with Crippen molar-refractivity contribution in [2.75, 3.05) is 7.05 Å². The molecule has 2 atom stereocenters. The van der Waals surface area contributed by atoms with Crippen LogP contribution in [0.2, 0.25) is 0 Å². The van der Waals surface area contributed by atoms with Gasteiger partial charge in [0.05, 0.1) is 5.69 Å². The van der Waals surface area contributed by atoms with E-state index in [1.54, 1.807) is 0 Å². The van der Waals surface area contributed by atoms with Crippen LogP contribution in [0.3, 0.4) is 0 Å². The molecule has 4 rings (SSSR count). The summed E-state index contributed by atoms with van der Waals surface area (Å²) in [6.07, 6.45) is 7.13. The highest BCUT2D eigenvalue weighted by molar-refractivity contribution is 5.85. The summed E-state index contributed by atoms with van der Waals surface area (Å²) in [5.41, 5.74) is 0.106. The van der Waals surface area contributed by atoms with E-state index in [9.17, 15) is 5.11 Å². The fourth-order valence-corrected chi connectivity index (χ4v) is 4.33. The van der Waals surface area contributed by atoms with E-state index in [0.717, 1.165) is 23.9 Å². The highest BCUT2D eigenvalue weighted by Crippen LogP contribution is 2.44. The maximum atomic E-state index is 11.4. The van der Waals surface area contributed by atoms with Crippen LogP contribution in [-0.4, -0.2) is 34.1 Å². The minimum atomic E-state index is -0.775. The SMILES string of the molecule is CN1C2CCCC1CC(O)(c1nccc3ccccc13)C2. The highest BCUT2D eigenvalue weighted by Gasteiger charge is 2.46. The molecule has 3 heteroatoms. The standard InChI is InChI=1S/C18H22N2O/c1-20-14-6-4-7-15(20)12-18(21,11-14)17-16-8-3-2-5-13(16)9-10-19-17/h2-3,5,8-10,14-15,21H,4,6-7,11-12H2,1H3. The highest BCUT2D eigenvalue weighted by atomic mass is 16.3. The van der Waals surface area contributed by atoms with Crippen molar-refractivity contribution in [2.24, 2.45) is 0 Å². The Hall–Kier alpha value is -1.45. The molecule has 2 bridgehead atoms. The van der Waals surface area contributed by atoms with Gasteiger partial charge < -0.3 is 10.0 Å². The van der Waals surface area contributed by atoms with E-state index in [1.165, 1.54) is 24.6 Å². The van der Waals surface area contributed by atoms with E-state index in [-0.39, 0.29) is 0 Å². The summed E-state index contributed by atoms with van der Waals surface area (Å²) in [6.45, 7) is 0. The van der Waals surface area contributed by atoms with E-state index in [4.69, 9.17) is 0 Å². The molecule has 3 nitrogen and oxygen atoms in total. The van der Waals surface area contributed by atoms with Gasteiger partial charge in [0.25, 0.3) is 0 Å². The van der Waals surface area contributed by atoms with E-state index in [2.05, 4.69) is 29.1 Å². The van der Waals surface area contributed by atoms with E-state index in [1.807, 2.05) is 24.4 Å². The summed E-state index contributed by atoms with van der Waals surface area (Å²) in [4.78, 5) is 7.06. The number of hydrogen-bond donors (Lipinski definition) is 1. The number of aliphatic hydroxyl groups is 1. The molecule has 1 N–H and O–H groups in total. The zero-order valence-electron chi connectivity index (χ0n) is 12.5. The lowest BCUT2D eigenvalue weighted by molar-refractivity contribution is -0.0889. The normalized spacial score (nSPS) is 33.2. The first-order chi connectivity index (χ1) is 10.2. The van der Waals surface area contributed by atoms with Crippen molar-refractivity contribution in [1.29, 1.82) is 0 Å². The van der Waals surface area contributed by atoms with Crippen LogP contribution in [0.1, 0.15) is 37.8 Å². The third-order valence-corrected chi connectivity index (χ3v) is 5.49. The van der Waals surface area contributed by atoms with Gasteiger partial charge in [-0.2, -0.15) is 0 Å². The molecule has 0 spiro atoms. The Kier molecular flexibility index (Phi) is 3.02. The van der Waals surface area contributed by atoms with Crippen molar-refractivity contribution in [3.63, 3.8) is 0 Å². The molecule has 1 aromatic carbocycles. The van der Waals surface area contributed by atoms with Crippen LogP contribution in [0.4, 0.5) is 0 Å². The molecule has 110 valence electrons. The van der Waals surface area contributed by atoms with Gasteiger partial charge in [0, 0.05) is 23.7 Å². The van der Waals surface area contributed by atoms with E-state index < -0.39 is 5.60 Å². The molecular weight excluding hydrogens is 260 g/mol. The zero-order valence-corrected chi connectivity index (χ0v) is 12.5. The fraction of sp³-hybridized carbons (Fsp3) is 0.500. The molecular formula is C18H22N2O. The van der Waals surface area contributed by atoms with Crippen LogP contribution in [0, 0.1) is 0 Å². The number of nitrogens with zero attached hydrogens (tertiary/aromatic N) is 2. The number of aromatic nitrogens is 1. The van der Waals surface area contributed by atoms with Crippen LogP contribution in [0.15, 0.2) is 36.5 Å². The number of hydrogen-bond acceptors (Lipinski definition) is 3. The molecule has 2 aromatic rings. The third-order valence-electron chi connectivity index (χ3n) is 5.49. The fourth-order valence-electron chi connectivity index (χ4n) is 4.33. The lowest BCUT2D eigenvalue weighted by Gasteiger charge is -2.50. The van der Waals surface area contributed by atoms with Crippen molar-refractivity contribution in [1.82, 2.24) is 9.88 Å². The molecule has 2 fully saturated rings. The molecule has 21 heavy (non-hydrogen) atoms. The van der Waals surface area contributed by atoms with Crippen LogP contribution in [-0.2, 0) is 5.60 Å². The Labute approximate surface area is 125 Å². The first kappa shape index (κ1) is 13.2. The Morgan fingerprint density at radius 2 is 1.86 bits per heavy atom. The van der Waals surface area contributed by atoms with Crippen LogP contribution < -0.4 is 0 Å². The Balaban J connectivity index is 1.81. The summed E-state index contributed by atoms with van der Waals surface area (Å²) >= 11 is 0. The quantitative estimate of drug-likeness (QED) is 0.873. The van der Waals surface area contributed by atoms with E-state index >= 15 is 0 Å². The van der Waals surface area contributed by atoms with Crippen LogP contribution in [0.25, 0.3) is 10.8 Å². The number of benzene rings is 1. The topological polar surface area (TPSA) is 36.4 Å². The second-order valence-electron chi connectivity index (χ2n) is 6.72. The molecule has 0 radical (unpaired) electrons. The lowest BCUT2D eigenvalue weighted by Crippen LogP contribution is -2.55. The summed E-state index contributed by atoms with van der Waals surface area (Å²) < 4.78 is 0. The maximum Gasteiger partial charge on any atom is 0.110 e. The molecule has 0 saturated carbocycles. The van der Waals surface area contributed by atoms with Gasteiger partial charge in [0.15, 0.2) is 0 Å². The van der Waals surface area contributed by atoms with Crippen molar-refractivity contribution in [3.8, 4) is 0 Å². The van der Waals surface area contributed by atoms with Gasteiger partial charge in [-0.25, -0.2) is 0 Å². The average Bonchev–Trinajstić information content (AvgIpc) is 2.48. The molecule has 2 saturated heterocycles. The van der Waals surface area contributed by atoms with E-state index in [0.29, 0.717) is 12.1 Å². The smallest absolute Gasteiger partial charge is 0.110 e. The van der Waals surface area contributed by atoms with Crippen molar-refractivity contribution >= 4 is 10.8 Å².